The fraction of sp³-hybridized carbons (Fsp3) is 0.600. The minimum absolute atomic E-state index is 0.0739. The van der Waals surface area contributed by atoms with Crippen LogP contribution in [0.4, 0.5) is 0 Å². The number of aromatic nitrogens is 1. The summed E-state index contributed by atoms with van der Waals surface area (Å²) >= 11 is 0. The summed E-state index contributed by atoms with van der Waals surface area (Å²) < 4.78 is 0. The Labute approximate surface area is 114 Å². The van der Waals surface area contributed by atoms with Gasteiger partial charge in [-0.25, -0.2) is 0 Å². The van der Waals surface area contributed by atoms with E-state index in [1.54, 1.807) is 6.20 Å². The van der Waals surface area contributed by atoms with E-state index >= 15 is 0 Å². The predicted octanol–water partition coefficient (Wildman–Crippen LogP) is 2.55. The van der Waals surface area contributed by atoms with E-state index in [9.17, 15) is 9.90 Å². The van der Waals surface area contributed by atoms with Crippen LogP contribution in [-0.4, -0.2) is 22.1 Å². The molecule has 0 saturated heterocycles. The largest absolute Gasteiger partial charge is 0.480 e. The Kier molecular flexibility index (Phi) is 4.53. The first-order valence-corrected chi connectivity index (χ1v) is 7.00. The molecule has 1 aliphatic rings. The van der Waals surface area contributed by atoms with E-state index in [0.717, 1.165) is 25.0 Å². The van der Waals surface area contributed by atoms with Crippen LogP contribution in [0.5, 0.6) is 0 Å². The smallest absolute Gasteiger partial charge is 0.320 e. The Bertz CT molecular complexity index is 446. The number of fused-ring (bicyclic) bond motifs is 1. The van der Waals surface area contributed by atoms with Crippen LogP contribution in [-0.2, 0) is 11.2 Å². The number of hydrogen-bond donors (Lipinski definition) is 2. The minimum atomic E-state index is -0.767. The molecule has 2 atom stereocenters. The normalized spacial score (nSPS) is 20.1. The van der Waals surface area contributed by atoms with Crippen LogP contribution in [0.15, 0.2) is 18.3 Å². The van der Waals surface area contributed by atoms with Crippen LogP contribution in [0.3, 0.4) is 0 Å². The van der Waals surface area contributed by atoms with E-state index in [2.05, 4.69) is 16.4 Å². The Balaban J connectivity index is 2.12. The van der Waals surface area contributed by atoms with Crippen LogP contribution in [0.1, 0.15) is 50.4 Å². The standard InChI is InChI=1S/C15H22N2O2/c1-10(2)9-13(15(18)19)17-12-7-3-5-11-6-4-8-16-14(11)12/h4,6,8,10,12-13,17H,3,5,7,9H2,1-2H3,(H,18,19). The van der Waals surface area contributed by atoms with Gasteiger partial charge in [0.1, 0.15) is 6.04 Å². The summed E-state index contributed by atoms with van der Waals surface area (Å²) in [5, 5.41) is 12.6. The Morgan fingerprint density at radius 1 is 1.58 bits per heavy atom. The molecule has 2 N–H and O–H groups in total. The zero-order valence-electron chi connectivity index (χ0n) is 11.6. The molecule has 2 rings (SSSR count). The van der Waals surface area contributed by atoms with Gasteiger partial charge in [0.15, 0.2) is 0 Å². The zero-order chi connectivity index (χ0) is 13.8. The average molecular weight is 262 g/mol. The summed E-state index contributed by atoms with van der Waals surface area (Å²) in [6.45, 7) is 4.09. The average Bonchev–Trinajstić information content (AvgIpc) is 2.37. The Morgan fingerprint density at radius 2 is 2.37 bits per heavy atom. The van der Waals surface area contributed by atoms with E-state index in [0.29, 0.717) is 12.3 Å². The third kappa shape index (κ3) is 3.53. The number of carbonyl (C=O) groups is 1. The van der Waals surface area contributed by atoms with Crippen LogP contribution < -0.4 is 5.32 Å². The first-order valence-electron chi connectivity index (χ1n) is 7.00. The quantitative estimate of drug-likeness (QED) is 0.856. The van der Waals surface area contributed by atoms with Gasteiger partial charge in [-0.1, -0.05) is 19.9 Å². The number of rotatable bonds is 5. The van der Waals surface area contributed by atoms with Crippen LogP contribution in [0.2, 0.25) is 0 Å². The SMILES string of the molecule is CC(C)CC(NC1CCCc2cccnc21)C(=O)O. The summed E-state index contributed by atoms with van der Waals surface area (Å²) in [5.74, 6) is -0.405. The lowest BCUT2D eigenvalue weighted by atomic mass is 9.90. The summed E-state index contributed by atoms with van der Waals surface area (Å²) in [5.41, 5.74) is 2.28. The molecule has 2 unspecified atom stereocenters. The molecular weight excluding hydrogens is 240 g/mol. The molecule has 0 spiro atoms. The maximum absolute atomic E-state index is 11.3. The van der Waals surface area contributed by atoms with Crippen molar-refractivity contribution >= 4 is 5.97 Å². The molecule has 104 valence electrons. The van der Waals surface area contributed by atoms with Gasteiger partial charge in [0.25, 0.3) is 0 Å². The van der Waals surface area contributed by atoms with Gasteiger partial charge >= 0.3 is 5.97 Å². The number of nitrogens with zero attached hydrogens (tertiary/aromatic N) is 1. The Morgan fingerprint density at radius 3 is 3.05 bits per heavy atom. The van der Waals surface area contributed by atoms with Crippen molar-refractivity contribution in [1.82, 2.24) is 10.3 Å². The first-order chi connectivity index (χ1) is 9.08. The van der Waals surface area contributed by atoms with Gasteiger partial charge in [-0.05, 0) is 43.2 Å². The molecule has 19 heavy (non-hydrogen) atoms. The molecular formula is C15H22N2O2. The van der Waals surface area contributed by atoms with Gasteiger partial charge < -0.3 is 5.11 Å². The fourth-order valence-electron chi connectivity index (χ4n) is 2.73. The number of carboxylic acid groups (broad SMARTS) is 1. The number of nitrogens with one attached hydrogen (secondary N) is 1. The van der Waals surface area contributed by atoms with Gasteiger partial charge in [0, 0.05) is 6.20 Å². The minimum Gasteiger partial charge on any atom is -0.480 e. The third-order valence-corrected chi connectivity index (χ3v) is 3.60. The van der Waals surface area contributed by atoms with Crippen molar-refractivity contribution in [2.75, 3.05) is 0 Å². The topological polar surface area (TPSA) is 62.2 Å². The van der Waals surface area contributed by atoms with E-state index in [4.69, 9.17) is 0 Å². The highest BCUT2D eigenvalue weighted by Gasteiger charge is 2.27. The molecule has 1 aromatic rings. The van der Waals surface area contributed by atoms with E-state index in [-0.39, 0.29) is 6.04 Å². The van der Waals surface area contributed by atoms with Crippen molar-refractivity contribution in [2.45, 2.75) is 51.6 Å². The van der Waals surface area contributed by atoms with Crippen molar-refractivity contribution in [3.63, 3.8) is 0 Å². The predicted molar refractivity (Wildman–Crippen MR) is 73.9 cm³/mol. The molecule has 1 aromatic heterocycles. The molecule has 0 saturated carbocycles. The van der Waals surface area contributed by atoms with Gasteiger partial charge in [0.05, 0.1) is 11.7 Å². The van der Waals surface area contributed by atoms with Crippen molar-refractivity contribution in [3.05, 3.63) is 29.6 Å². The summed E-state index contributed by atoms with van der Waals surface area (Å²) in [7, 11) is 0. The van der Waals surface area contributed by atoms with E-state index < -0.39 is 12.0 Å². The van der Waals surface area contributed by atoms with Crippen molar-refractivity contribution in [3.8, 4) is 0 Å². The molecule has 4 heteroatoms. The fourth-order valence-corrected chi connectivity index (χ4v) is 2.73. The van der Waals surface area contributed by atoms with Crippen LogP contribution in [0.25, 0.3) is 0 Å². The molecule has 0 amide bonds. The number of pyridine rings is 1. The number of carboxylic acids is 1. The second-order valence-electron chi connectivity index (χ2n) is 5.68. The molecule has 0 radical (unpaired) electrons. The number of hydrogen-bond acceptors (Lipinski definition) is 3. The van der Waals surface area contributed by atoms with Gasteiger partial charge in [0.2, 0.25) is 0 Å². The first kappa shape index (κ1) is 14.0. The van der Waals surface area contributed by atoms with Gasteiger partial charge in [-0.2, -0.15) is 0 Å². The highest BCUT2D eigenvalue weighted by molar-refractivity contribution is 5.73. The number of aryl methyl sites for hydroxylation is 1. The third-order valence-electron chi connectivity index (χ3n) is 3.60. The molecule has 0 bridgehead atoms. The molecule has 1 aliphatic carbocycles. The van der Waals surface area contributed by atoms with Crippen molar-refractivity contribution < 1.29 is 9.90 Å². The van der Waals surface area contributed by atoms with Crippen LogP contribution >= 0.6 is 0 Å². The lowest BCUT2D eigenvalue weighted by Gasteiger charge is -2.28. The highest BCUT2D eigenvalue weighted by Crippen LogP contribution is 2.28. The molecule has 0 aliphatic heterocycles. The molecule has 0 aromatic carbocycles. The summed E-state index contributed by atoms with van der Waals surface area (Å²) in [4.78, 5) is 15.8. The molecule has 4 nitrogen and oxygen atoms in total. The lowest BCUT2D eigenvalue weighted by Crippen LogP contribution is -2.41. The Hall–Kier alpha value is -1.42. The maximum Gasteiger partial charge on any atom is 0.320 e. The maximum atomic E-state index is 11.3. The molecule has 0 fully saturated rings. The van der Waals surface area contributed by atoms with Crippen LogP contribution in [0, 0.1) is 5.92 Å². The second-order valence-corrected chi connectivity index (χ2v) is 5.68. The van der Waals surface area contributed by atoms with E-state index in [1.807, 2.05) is 19.9 Å². The molecule has 1 heterocycles. The zero-order valence-corrected chi connectivity index (χ0v) is 11.6. The highest BCUT2D eigenvalue weighted by atomic mass is 16.4. The van der Waals surface area contributed by atoms with Crippen molar-refractivity contribution in [2.24, 2.45) is 5.92 Å². The van der Waals surface area contributed by atoms with Gasteiger partial charge in [-0.3, -0.25) is 15.1 Å². The van der Waals surface area contributed by atoms with E-state index in [1.165, 1.54) is 5.56 Å². The van der Waals surface area contributed by atoms with Crippen molar-refractivity contribution in [1.29, 1.82) is 0 Å². The lowest BCUT2D eigenvalue weighted by molar-refractivity contribution is -0.140. The second kappa shape index (κ2) is 6.15. The summed E-state index contributed by atoms with van der Waals surface area (Å²) in [6.07, 6.45) is 5.53. The monoisotopic (exact) mass is 262 g/mol. The van der Waals surface area contributed by atoms with Gasteiger partial charge in [-0.15, -0.1) is 0 Å². The summed E-state index contributed by atoms with van der Waals surface area (Å²) in [6, 6.07) is 3.63. The number of aliphatic carboxylic acids is 1.